The zero-order valence-corrected chi connectivity index (χ0v) is 10.3. The predicted molar refractivity (Wildman–Crippen MR) is 66.1 cm³/mol. The monoisotopic (exact) mass is 248 g/mol. The Morgan fingerprint density at radius 2 is 2.22 bits per heavy atom. The molecule has 0 saturated carbocycles. The second kappa shape index (κ2) is 5.21. The summed E-state index contributed by atoms with van der Waals surface area (Å²) in [5.74, 6) is -0.0609. The summed E-state index contributed by atoms with van der Waals surface area (Å²) in [5.41, 5.74) is 1.78. The minimum atomic E-state index is -0.879. The van der Waals surface area contributed by atoms with Crippen LogP contribution in [0.15, 0.2) is 18.2 Å². The zero-order chi connectivity index (χ0) is 13.1. The number of aliphatic carboxylic acids is 1. The van der Waals surface area contributed by atoms with Gasteiger partial charge in [0, 0.05) is 12.0 Å². The molecule has 0 aromatic heterocycles. The first-order valence-electron chi connectivity index (χ1n) is 6.11. The second-order valence-electron chi connectivity index (χ2n) is 4.62. The van der Waals surface area contributed by atoms with E-state index in [0.717, 1.165) is 24.0 Å². The van der Waals surface area contributed by atoms with Crippen LogP contribution in [-0.4, -0.2) is 23.0 Å². The molecular weight excluding hydrogens is 232 g/mol. The topological polar surface area (TPSA) is 63.6 Å². The van der Waals surface area contributed by atoms with Gasteiger partial charge >= 0.3 is 5.97 Å². The van der Waals surface area contributed by atoms with Gasteiger partial charge in [0.25, 0.3) is 0 Å². The summed E-state index contributed by atoms with van der Waals surface area (Å²) < 4.78 is 5.53. The Balaban J connectivity index is 2.11. The number of carbonyl (C=O) groups excluding carboxylic acids is 1. The van der Waals surface area contributed by atoms with Crippen LogP contribution in [0.25, 0.3) is 0 Å². The Morgan fingerprint density at radius 1 is 1.44 bits per heavy atom. The average Bonchev–Trinajstić information content (AvgIpc) is 2.27. The highest BCUT2D eigenvalue weighted by atomic mass is 16.5. The molecule has 1 aliphatic rings. The standard InChI is InChI=1S/C14H16O4/c1-9(7-14(16)17)18-11-5-6-12-10(8-11)3-2-4-13(12)15/h5-6,8-9H,2-4,7H2,1H3,(H,16,17)/t9-/m1/s1. The van der Waals surface area contributed by atoms with Crippen LogP contribution in [0.3, 0.4) is 0 Å². The third-order valence-electron chi connectivity index (χ3n) is 3.03. The molecule has 0 bridgehead atoms. The van der Waals surface area contributed by atoms with Crippen LogP contribution in [0, 0.1) is 0 Å². The number of aryl methyl sites for hydroxylation is 1. The smallest absolute Gasteiger partial charge is 0.307 e. The van der Waals surface area contributed by atoms with E-state index in [1.165, 1.54) is 0 Å². The minimum absolute atomic E-state index is 0.0317. The van der Waals surface area contributed by atoms with Gasteiger partial charge in [0.1, 0.15) is 11.9 Å². The molecule has 0 unspecified atom stereocenters. The summed E-state index contributed by atoms with van der Waals surface area (Å²) in [4.78, 5) is 22.2. The maximum atomic E-state index is 11.6. The fourth-order valence-corrected chi connectivity index (χ4v) is 2.22. The largest absolute Gasteiger partial charge is 0.490 e. The molecule has 0 spiro atoms. The number of rotatable bonds is 4. The van der Waals surface area contributed by atoms with Crippen LogP contribution in [0.4, 0.5) is 0 Å². The summed E-state index contributed by atoms with van der Waals surface area (Å²) in [7, 11) is 0. The van der Waals surface area contributed by atoms with Crippen LogP contribution in [0.5, 0.6) is 5.75 Å². The fraction of sp³-hybridized carbons (Fsp3) is 0.429. The Hall–Kier alpha value is -1.84. The number of carboxylic acid groups (broad SMARTS) is 1. The number of fused-ring (bicyclic) bond motifs is 1. The Morgan fingerprint density at radius 3 is 2.94 bits per heavy atom. The molecule has 0 amide bonds. The van der Waals surface area contributed by atoms with Crippen molar-refractivity contribution in [1.82, 2.24) is 0 Å². The van der Waals surface area contributed by atoms with E-state index in [-0.39, 0.29) is 18.3 Å². The molecule has 0 radical (unpaired) electrons. The molecule has 0 fully saturated rings. The van der Waals surface area contributed by atoms with E-state index in [4.69, 9.17) is 9.84 Å². The van der Waals surface area contributed by atoms with E-state index in [0.29, 0.717) is 12.2 Å². The molecule has 1 aliphatic carbocycles. The lowest BCUT2D eigenvalue weighted by Crippen LogP contribution is -2.17. The van der Waals surface area contributed by atoms with Crippen LogP contribution >= 0.6 is 0 Å². The second-order valence-corrected chi connectivity index (χ2v) is 4.62. The lowest BCUT2D eigenvalue weighted by atomic mass is 9.90. The first-order valence-corrected chi connectivity index (χ1v) is 6.11. The van der Waals surface area contributed by atoms with Crippen molar-refractivity contribution in [2.24, 2.45) is 0 Å². The lowest BCUT2D eigenvalue weighted by molar-refractivity contribution is -0.138. The van der Waals surface area contributed by atoms with E-state index in [1.807, 2.05) is 6.07 Å². The van der Waals surface area contributed by atoms with Crippen LogP contribution < -0.4 is 4.74 Å². The number of carboxylic acids is 1. The molecule has 0 saturated heterocycles. The molecule has 1 atom stereocenters. The summed E-state index contributed by atoms with van der Waals surface area (Å²) in [6, 6.07) is 5.37. The summed E-state index contributed by atoms with van der Waals surface area (Å²) in [5, 5.41) is 8.66. The summed E-state index contributed by atoms with van der Waals surface area (Å²) in [6.07, 6.45) is 1.96. The number of benzene rings is 1. The van der Waals surface area contributed by atoms with Gasteiger partial charge in [-0.15, -0.1) is 0 Å². The van der Waals surface area contributed by atoms with Crippen molar-refractivity contribution in [3.8, 4) is 5.75 Å². The quantitative estimate of drug-likeness (QED) is 0.888. The molecule has 18 heavy (non-hydrogen) atoms. The molecule has 1 aromatic rings. The highest BCUT2D eigenvalue weighted by Gasteiger charge is 2.18. The average molecular weight is 248 g/mol. The number of ether oxygens (including phenoxy) is 1. The highest BCUT2D eigenvalue weighted by molar-refractivity contribution is 5.98. The fourth-order valence-electron chi connectivity index (χ4n) is 2.22. The lowest BCUT2D eigenvalue weighted by Gasteiger charge is -2.18. The molecule has 0 aliphatic heterocycles. The maximum Gasteiger partial charge on any atom is 0.307 e. The Labute approximate surface area is 106 Å². The van der Waals surface area contributed by atoms with Crippen molar-refractivity contribution in [1.29, 1.82) is 0 Å². The first-order chi connectivity index (χ1) is 8.56. The molecule has 1 N–H and O–H groups in total. The van der Waals surface area contributed by atoms with E-state index >= 15 is 0 Å². The third kappa shape index (κ3) is 2.88. The molecule has 1 aromatic carbocycles. The van der Waals surface area contributed by atoms with Gasteiger partial charge < -0.3 is 9.84 Å². The number of Topliss-reactive ketones (excluding diaryl/α,β-unsaturated/α-hetero) is 1. The van der Waals surface area contributed by atoms with Crippen molar-refractivity contribution in [2.45, 2.75) is 38.7 Å². The minimum Gasteiger partial charge on any atom is -0.490 e. The number of hydrogen-bond acceptors (Lipinski definition) is 3. The van der Waals surface area contributed by atoms with Crippen molar-refractivity contribution in [2.75, 3.05) is 0 Å². The Kier molecular flexibility index (Phi) is 3.65. The molecule has 2 rings (SSSR count). The summed E-state index contributed by atoms with van der Waals surface area (Å²) in [6.45, 7) is 1.72. The van der Waals surface area contributed by atoms with Gasteiger partial charge in [0.05, 0.1) is 6.42 Å². The maximum absolute atomic E-state index is 11.6. The Bertz CT molecular complexity index is 479. The number of ketones is 1. The van der Waals surface area contributed by atoms with Gasteiger partial charge in [-0.1, -0.05) is 0 Å². The van der Waals surface area contributed by atoms with Crippen LogP contribution in [0.1, 0.15) is 42.1 Å². The summed E-state index contributed by atoms with van der Waals surface area (Å²) >= 11 is 0. The van der Waals surface area contributed by atoms with Gasteiger partial charge in [0.2, 0.25) is 0 Å². The SMILES string of the molecule is C[C@H](CC(=O)O)Oc1ccc2c(c1)CCCC2=O. The van der Waals surface area contributed by atoms with Crippen molar-refractivity contribution < 1.29 is 19.4 Å². The number of hydrogen-bond donors (Lipinski definition) is 1. The predicted octanol–water partition coefficient (Wildman–Crippen LogP) is 2.45. The van der Waals surface area contributed by atoms with Gasteiger partial charge in [0.15, 0.2) is 5.78 Å². The van der Waals surface area contributed by atoms with E-state index < -0.39 is 5.97 Å². The number of carbonyl (C=O) groups is 2. The normalized spacial score (nSPS) is 15.9. The van der Waals surface area contributed by atoms with Crippen molar-refractivity contribution >= 4 is 11.8 Å². The van der Waals surface area contributed by atoms with Crippen LogP contribution in [-0.2, 0) is 11.2 Å². The molecule has 4 nitrogen and oxygen atoms in total. The highest BCUT2D eigenvalue weighted by Crippen LogP contribution is 2.26. The van der Waals surface area contributed by atoms with Crippen LogP contribution in [0.2, 0.25) is 0 Å². The van der Waals surface area contributed by atoms with Gasteiger partial charge in [-0.05, 0) is 43.5 Å². The van der Waals surface area contributed by atoms with Crippen molar-refractivity contribution in [3.05, 3.63) is 29.3 Å². The van der Waals surface area contributed by atoms with Gasteiger partial charge in [-0.3, -0.25) is 9.59 Å². The van der Waals surface area contributed by atoms with Gasteiger partial charge in [-0.25, -0.2) is 0 Å². The molecule has 0 heterocycles. The third-order valence-corrected chi connectivity index (χ3v) is 3.03. The molecular formula is C14H16O4. The van der Waals surface area contributed by atoms with E-state index in [1.54, 1.807) is 19.1 Å². The first kappa shape index (κ1) is 12.6. The molecule has 96 valence electrons. The zero-order valence-electron chi connectivity index (χ0n) is 10.3. The van der Waals surface area contributed by atoms with Crippen molar-refractivity contribution in [3.63, 3.8) is 0 Å². The molecule has 4 heteroatoms. The van der Waals surface area contributed by atoms with E-state index in [2.05, 4.69) is 0 Å². The van der Waals surface area contributed by atoms with Gasteiger partial charge in [-0.2, -0.15) is 0 Å². The van der Waals surface area contributed by atoms with E-state index in [9.17, 15) is 9.59 Å².